The summed E-state index contributed by atoms with van der Waals surface area (Å²) in [6.07, 6.45) is 1.66. The Bertz CT molecular complexity index is 782. The summed E-state index contributed by atoms with van der Waals surface area (Å²) in [6, 6.07) is 16.6. The number of hydrazine groups is 1. The predicted octanol–water partition coefficient (Wildman–Crippen LogP) is 0.821. The van der Waals surface area contributed by atoms with Gasteiger partial charge in [0.15, 0.2) is 0 Å². The Kier molecular flexibility index (Phi) is 8.86. The Labute approximate surface area is 172 Å². The van der Waals surface area contributed by atoms with Gasteiger partial charge in [0.2, 0.25) is 0 Å². The quantitative estimate of drug-likeness (QED) is 0.315. The topological polar surface area (TPSA) is 88.4 Å². The lowest BCUT2D eigenvalue weighted by molar-refractivity contribution is -0.136. The van der Waals surface area contributed by atoms with Gasteiger partial charge in [-0.05, 0) is 22.5 Å². The molecule has 154 valence electrons. The van der Waals surface area contributed by atoms with E-state index in [4.69, 9.17) is 0 Å². The van der Waals surface area contributed by atoms with Crippen LogP contribution < -0.4 is 10.9 Å². The molecule has 0 atom stereocenters. The molecule has 0 aromatic heterocycles. The van der Waals surface area contributed by atoms with Gasteiger partial charge in [0, 0.05) is 13.6 Å². The third-order valence-electron chi connectivity index (χ3n) is 4.25. The largest absolute Gasteiger partial charge is 0.488 e. The van der Waals surface area contributed by atoms with Crippen molar-refractivity contribution in [2.45, 2.75) is 20.4 Å². The first kappa shape index (κ1) is 22.6. The number of hydrogen-bond acceptors (Lipinski definition) is 6. The zero-order chi connectivity index (χ0) is 21.2. The van der Waals surface area contributed by atoms with Gasteiger partial charge in [0.05, 0.1) is 12.8 Å². The Morgan fingerprint density at radius 3 is 2.34 bits per heavy atom. The monoisotopic (exact) mass is 396 g/mol. The number of amides is 1. The minimum atomic E-state index is -1.50. The molecule has 0 spiro atoms. The highest BCUT2D eigenvalue weighted by molar-refractivity contribution is 6.58. The average molecular weight is 396 g/mol. The van der Waals surface area contributed by atoms with Gasteiger partial charge >= 0.3 is 7.12 Å². The Hall–Kier alpha value is -2.68. The molecule has 0 aliphatic heterocycles. The second kappa shape index (κ2) is 11.4. The Morgan fingerprint density at radius 2 is 1.79 bits per heavy atom. The summed E-state index contributed by atoms with van der Waals surface area (Å²) in [6.45, 7) is 5.36. The lowest BCUT2D eigenvalue weighted by Gasteiger charge is -2.26. The third-order valence-corrected chi connectivity index (χ3v) is 4.25. The minimum Gasteiger partial charge on any atom is -0.423 e. The van der Waals surface area contributed by atoms with Crippen LogP contribution in [-0.2, 0) is 11.3 Å². The van der Waals surface area contributed by atoms with E-state index in [1.165, 1.54) is 0 Å². The van der Waals surface area contributed by atoms with Gasteiger partial charge in [-0.2, -0.15) is 5.10 Å². The summed E-state index contributed by atoms with van der Waals surface area (Å²) >= 11 is 0. The molecule has 8 heteroatoms. The second-order valence-electron chi connectivity index (χ2n) is 7.21. The number of nitrogens with zero attached hydrogens (tertiary/aromatic N) is 3. The van der Waals surface area contributed by atoms with E-state index in [0.29, 0.717) is 24.5 Å². The van der Waals surface area contributed by atoms with Gasteiger partial charge in [-0.3, -0.25) is 14.8 Å². The molecule has 0 aliphatic rings. The smallest absolute Gasteiger partial charge is 0.423 e. The van der Waals surface area contributed by atoms with Crippen LogP contribution in [0.15, 0.2) is 59.7 Å². The number of hydrazone groups is 1. The molecule has 0 radical (unpaired) electrons. The molecule has 0 fully saturated rings. The number of carbonyl (C=O) groups is 1. The lowest BCUT2D eigenvalue weighted by Crippen LogP contribution is -2.46. The SMILES string of the molecule is CNN(CC(C)C)C(=O)CN(Cc1ccccc1)/N=C/c1ccc(B(O)O)cc1. The van der Waals surface area contributed by atoms with E-state index in [1.54, 1.807) is 47.5 Å². The number of rotatable bonds is 10. The van der Waals surface area contributed by atoms with Crippen molar-refractivity contribution in [1.29, 1.82) is 0 Å². The number of hydrogen-bond donors (Lipinski definition) is 3. The molecular weight excluding hydrogens is 367 g/mol. The van der Waals surface area contributed by atoms with E-state index < -0.39 is 7.12 Å². The van der Waals surface area contributed by atoms with Gasteiger partial charge in [-0.1, -0.05) is 68.4 Å². The summed E-state index contributed by atoms with van der Waals surface area (Å²) in [7, 11) is 0.240. The Balaban J connectivity index is 2.14. The molecule has 0 saturated carbocycles. The average Bonchev–Trinajstić information content (AvgIpc) is 2.71. The van der Waals surface area contributed by atoms with Crippen molar-refractivity contribution in [3.63, 3.8) is 0 Å². The van der Waals surface area contributed by atoms with E-state index in [9.17, 15) is 14.8 Å². The highest BCUT2D eigenvalue weighted by Gasteiger charge is 2.17. The van der Waals surface area contributed by atoms with Crippen LogP contribution >= 0.6 is 0 Å². The molecule has 2 aromatic rings. The van der Waals surface area contributed by atoms with E-state index in [0.717, 1.165) is 11.1 Å². The van der Waals surface area contributed by atoms with Crippen LogP contribution in [0.25, 0.3) is 0 Å². The van der Waals surface area contributed by atoms with Crippen LogP contribution in [-0.4, -0.2) is 59.4 Å². The molecule has 0 bridgehead atoms. The summed E-state index contributed by atoms with van der Waals surface area (Å²) in [5, 5.41) is 26.2. The van der Waals surface area contributed by atoms with Crippen LogP contribution in [0.1, 0.15) is 25.0 Å². The normalized spacial score (nSPS) is 11.1. The molecule has 2 rings (SSSR count). The lowest BCUT2D eigenvalue weighted by atomic mass is 9.80. The first-order chi connectivity index (χ1) is 13.9. The summed E-state index contributed by atoms with van der Waals surface area (Å²) in [5.74, 6) is 0.283. The maximum atomic E-state index is 12.7. The molecule has 1 amide bonds. The van der Waals surface area contributed by atoms with Crippen molar-refractivity contribution in [2.75, 3.05) is 20.1 Å². The fraction of sp³-hybridized carbons (Fsp3) is 0.333. The summed E-state index contributed by atoms with van der Waals surface area (Å²) in [5.41, 5.74) is 5.22. The highest BCUT2D eigenvalue weighted by atomic mass is 16.4. The van der Waals surface area contributed by atoms with Gasteiger partial charge in [-0.25, -0.2) is 5.43 Å². The zero-order valence-electron chi connectivity index (χ0n) is 17.2. The summed E-state index contributed by atoms with van der Waals surface area (Å²) in [4.78, 5) is 12.7. The molecule has 0 aliphatic carbocycles. The predicted molar refractivity (Wildman–Crippen MR) is 116 cm³/mol. The van der Waals surface area contributed by atoms with Crippen molar-refractivity contribution in [3.05, 3.63) is 65.7 Å². The fourth-order valence-corrected chi connectivity index (χ4v) is 2.76. The first-order valence-electron chi connectivity index (χ1n) is 9.65. The van der Waals surface area contributed by atoms with Gasteiger partial charge < -0.3 is 10.0 Å². The summed E-state index contributed by atoms with van der Waals surface area (Å²) < 4.78 is 0. The molecule has 29 heavy (non-hydrogen) atoms. The number of benzene rings is 2. The first-order valence-corrected chi connectivity index (χ1v) is 9.65. The van der Waals surface area contributed by atoms with Crippen LogP contribution in [0.2, 0.25) is 0 Å². The number of carbonyl (C=O) groups excluding carboxylic acids is 1. The minimum absolute atomic E-state index is 0.0620. The van der Waals surface area contributed by atoms with Crippen LogP contribution in [0.5, 0.6) is 0 Å². The van der Waals surface area contributed by atoms with E-state index in [2.05, 4.69) is 24.4 Å². The zero-order valence-corrected chi connectivity index (χ0v) is 17.2. The maximum Gasteiger partial charge on any atom is 0.488 e. The molecule has 3 N–H and O–H groups in total. The van der Waals surface area contributed by atoms with Gasteiger partial charge in [0.25, 0.3) is 5.91 Å². The molecular formula is C21H29BN4O3. The van der Waals surface area contributed by atoms with Crippen molar-refractivity contribution in [2.24, 2.45) is 11.0 Å². The molecule has 0 heterocycles. The van der Waals surface area contributed by atoms with Gasteiger partial charge in [0.1, 0.15) is 6.54 Å². The van der Waals surface area contributed by atoms with Crippen LogP contribution in [0.4, 0.5) is 0 Å². The standard InChI is InChI=1S/C21H29BN4O3/c1-17(2)14-26(23-3)21(27)16-25(15-19-7-5-4-6-8-19)24-13-18-9-11-20(12-10-18)22(28)29/h4-13,17,23,28-29H,14-16H2,1-3H3/b24-13+. The third kappa shape index (κ3) is 7.69. The Morgan fingerprint density at radius 1 is 1.14 bits per heavy atom. The van der Waals surface area contributed by atoms with Crippen LogP contribution in [0, 0.1) is 5.92 Å². The molecule has 2 aromatic carbocycles. The molecule has 7 nitrogen and oxygen atoms in total. The van der Waals surface area contributed by atoms with E-state index in [-0.39, 0.29) is 12.5 Å². The van der Waals surface area contributed by atoms with Crippen molar-refractivity contribution >= 4 is 24.7 Å². The number of nitrogens with one attached hydrogen (secondary N) is 1. The molecule has 0 saturated heterocycles. The van der Waals surface area contributed by atoms with Crippen molar-refractivity contribution < 1.29 is 14.8 Å². The second-order valence-corrected chi connectivity index (χ2v) is 7.21. The van der Waals surface area contributed by atoms with E-state index >= 15 is 0 Å². The van der Waals surface area contributed by atoms with Gasteiger partial charge in [-0.15, -0.1) is 0 Å². The maximum absolute atomic E-state index is 12.7. The fourth-order valence-electron chi connectivity index (χ4n) is 2.76. The van der Waals surface area contributed by atoms with Crippen molar-refractivity contribution in [3.8, 4) is 0 Å². The van der Waals surface area contributed by atoms with Crippen LogP contribution in [0.3, 0.4) is 0 Å². The highest BCUT2D eigenvalue weighted by Crippen LogP contribution is 2.07. The molecule has 0 unspecified atom stereocenters. The van der Waals surface area contributed by atoms with Crippen molar-refractivity contribution in [1.82, 2.24) is 15.4 Å². The van der Waals surface area contributed by atoms with E-state index in [1.807, 2.05) is 30.3 Å².